The van der Waals surface area contributed by atoms with Crippen molar-refractivity contribution in [2.24, 2.45) is 5.92 Å². The van der Waals surface area contributed by atoms with Crippen LogP contribution in [0.15, 0.2) is 29.8 Å². The number of carbonyl (C=O) groups excluding carboxylic acids is 1. The Morgan fingerprint density at radius 3 is 3.04 bits per heavy atom. The molecule has 1 aliphatic heterocycles. The van der Waals surface area contributed by atoms with E-state index in [9.17, 15) is 4.79 Å². The van der Waals surface area contributed by atoms with E-state index in [0.717, 1.165) is 21.1 Å². The van der Waals surface area contributed by atoms with Crippen LogP contribution in [0.2, 0.25) is 0 Å². The topological polar surface area (TPSA) is 67.3 Å². The number of ether oxygens (including phenoxy) is 1. The highest BCUT2D eigenvalue weighted by Crippen LogP contribution is 2.36. The van der Waals surface area contributed by atoms with Crippen LogP contribution < -0.4 is 15.0 Å². The van der Waals surface area contributed by atoms with Gasteiger partial charge in [0.1, 0.15) is 11.3 Å². The molecule has 0 spiro atoms. The van der Waals surface area contributed by atoms with Gasteiger partial charge in [-0.25, -0.2) is 9.97 Å². The zero-order valence-electron chi connectivity index (χ0n) is 12.4. The van der Waals surface area contributed by atoms with E-state index in [1.54, 1.807) is 24.6 Å². The van der Waals surface area contributed by atoms with Crippen LogP contribution in [-0.4, -0.2) is 36.1 Å². The van der Waals surface area contributed by atoms with E-state index in [1.807, 2.05) is 23.6 Å². The van der Waals surface area contributed by atoms with E-state index in [0.29, 0.717) is 18.2 Å². The van der Waals surface area contributed by atoms with Crippen molar-refractivity contribution >= 4 is 49.1 Å². The minimum absolute atomic E-state index is 0.0205. The maximum absolute atomic E-state index is 12.1. The van der Waals surface area contributed by atoms with Crippen LogP contribution in [0.4, 0.5) is 10.3 Å². The molecule has 0 saturated carbocycles. The number of methoxy groups -OCH3 is 1. The van der Waals surface area contributed by atoms with Crippen molar-refractivity contribution in [3.8, 4) is 5.75 Å². The molecule has 3 aromatic rings. The molecule has 0 aliphatic carbocycles. The smallest absolute Gasteiger partial charge is 0.232 e. The first-order valence-corrected chi connectivity index (χ1v) is 8.83. The van der Waals surface area contributed by atoms with E-state index >= 15 is 0 Å². The number of nitrogens with zero attached hydrogens (tertiary/aromatic N) is 3. The lowest BCUT2D eigenvalue weighted by Gasteiger charge is -2.37. The maximum Gasteiger partial charge on any atom is 0.232 e. The van der Waals surface area contributed by atoms with Gasteiger partial charge in [-0.05, 0) is 12.1 Å². The van der Waals surface area contributed by atoms with Crippen LogP contribution in [-0.2, 0) is 4.79 Å². The predicted octanol–water partition coefficient (Wildman–Crippen LogP) is 2.84. The molecule has 1 N–H and O–H groups in total. The number of aromatic nitrogens is 2. The van der Waals surface area contributed by atoms with Crippen LogP contribution in [0.5, 0.6) is 5.75 Å². The third kappa shape index (κ3) is 2.64. The zero-order chi connectivity index (χ0) is 15.8. The normalized spacial score (nSPS) is 14.7. The highest BCUT2D eigenvalue weighted by atomic mass is 32.1. The van der Waals surface area contributed by atoms with Crippen molar-refractivity contribution in [3.05, 3.63) is 29.8 Å². The average Bonchev–Trinajstić information content (AvgIpc) is 3.14. The van der Waals surface area contributed by atoms with Gasteiger partial charge in [-0.1, -0.05) is 17.4 Å². The number of benzene rings is 1. The predicted molar refractivity (Wildman–Crippen MR) is 92.6 cm³/mol. The number of thiazole rings is 2. The van der Waals surface area contributed by atoms with Gasteiger partial charge in [0.05, 0.1) is 17.7 Å². The fourth-order valence-corrected chi connectivity index (χ4v) is 4.04. The first kappa shape index (κ1) is 14.4. The summed E-state index contributed by atoms with van der Waals surface area (Å²) in [5.41, 5.74) is 0.880. The summed E-state index contributed by atoms with van der Waals surface area (Å²) in [4.78, 5) is 23.0. The molecule has 0 atom stereocenters. The minimum atomic E-state index is -0.0205. The Hall–Kier alpha value is -2.19. The second-order valence-electron chi connectivity index (χ2n) is 5.23. The van der Waals surface area contributed by atoms with Gasteiger partial charge in [-0.3, -0.25) is 4.79 Å². The van der Waals surface area contributed by atoms with Gasteiger partial charge in [0.25, 0.3) is 0 Å². The van der Waals surface area contributed by atoms with Crippen molar-refractivity contribution in [1.82, 2.24) is 9.97 Å². The number of hydrogen-bond acceptors (Lipinski definition) is 7. The highest BCUT2D eigenvalue weighted by molar-refractivity contribution is 7.22. The summed E-state index contributed by atoms with van der Waals surface area (Å²) in [6.07, 6.45) is 1.68. The SMILES string of the molecule is COc1cccc2sc(N3CC(C(=O)Nc4nccs4)C3)nc12. The molecule has 2 aromatic heterocycles. The number of para-hydroxylation sites is 1. The monoisotopic (exact) mass is 346 g/mol. The minimum Gasteiger partial charge on any atom is -0.494 e. The van der Waals surface area contributed by atoms with Gasteiger partial charge in [-0.15, -0.1) is 11.3 Å². The summed E-state index contributed by atoms with van der Waals surface area (Å²) in [5, 5.41) is 6.27. The Bertz CT molecular complexity index is 840. The Balaban J connectivity index is 1.44. The number of fused-ring (bicyclic) bond motifs is 1. The summed E-state index contributed by atoms with van der Waals surface area (Å²) in [5.74, 6) is 0.784. The number of rotatable bonds is 4. The van der Waals surface area contributed by atoms with Crippen LogP contribution >= 0.6 is 22.7 Å². The van der Waals surface area contributed by atoms with Crippen LogP contribution in [0.1, 0.15) is 0 Å². The van der Waals surface area contributed by atoms with Crippen LogP contribution in [0.3, 0.4) is 0 Å². The molecule has 4 rings (SSSR count). The highest BCUT2D eigenvalue weighted by Gasteiger charge is 2.34. The second-order valence-corrected chi connectivity index (χ2v) is 7.14. The first-order valence-electron chi connectivity index (χ1n) is 7.13. The summed E-state index contributed by atoms with van der Waals surface area (Å²) in [7, 11) is 1.65. The lowest BCUT2D eigenvalue weighted by atomic mass is 10.0. The molecule has 1 amide bonds. The van der Waals surface area contributed by atoms with Gasteiger partial charge in [0.2, 0.25) is 5.91 Å². The van der Waals surface area contributed by atoms with Gasteiger partial charge in [-0.2, -0.15) is 0 Å². The molecule has 6 nitrogen and oxygen atoms in total. The van der Waals surface area contributed by atoms with Gasteiger partial charge < -0.3 is 15.0 Å². The van der Waals surface area contributed by atoms with Gasteiger partial charge >= 0.3 is 0 Å². The Kier molecular flexibility index (Phi) is 3.62. The average molecular weight is 346 g/mol. The van der Waals surface area contributed by atoms with Crippen molar-refractivity contribution in [2.45, 2.75) is 0 Å². The first-order chi connectivity index (χ1) is 11.2. The third-order valence-electron chi connectivity index (χ3n) is 3.78. The zero-order valence-corrected chi connectivity index (χ0v) is 14.0. The van der Waals surface area contributed by atoms with E-state index in [4.69, 9.17) is 4.74 Å². The largest absolute Gasteiger partial charge is 0.494 e. The molecule has 1 aromatic carbocycles. The van der Waals surface area contributed by atoms with E-state index < -0.39 is 0 Å². The lowest BCUT2D eigenvalue weighted by Crippen LogP contribution is -2.52. The fourth-order valence-electron chi connectivity index (χ4n) is 2.50. The summed E-state index contributed by atoms with van der Waals surface area (Å²) >= 11 is 3.05. The number of nitrogens with one attached hydrogen (secondary N) is 1. The van der Waals surface area contributed by atoms with Crippen LogP contribution in [0, 0.1) is 5.92 Å². The van der Waals surface area contributed by atoms with Crippen molar-refractivity contribution < 1.29 is 9.53 Å². The molecule has 0 bridgehead atoms. The number of anilines is 2. The molecule has 1 fully saturated rings. The standard InChI is InChI=1S/C15H14N4O2S2/c1-21-10-3-2-4-11-12(10)17-15(23-11)19-7-9(8-19)13(20)18-14-16-5-6-22-14/h2-6,9H,7-8H2,1H3,(H,16,18,20). The molecule has 118 valence electrons. The molecule has 8 heteroatoms. The molecule has 3 heterocycles. The molecular formula is C15H14N4O2S2. The Morgan fingerprint density at radius 2 is 2.30 bits per heavy atom. The molecule has 0 unspecified atom stereocenters. The number of carbonyl (C=O) groups is 1. The molecule has 23 heavy (non-hydrogen) atoms. The van der Waals surface area contributed by atoms with Crippen molar-refractivity contribution in [2.75, 3.05) is 30.4 Å². The Labute approximate surface area is 140 Å². The summed E-state index contributed by atoms with van der Waals surface area (Å²) in [6, 6.07) is 5.90. The summed E-state index contributed by atoms with van der Waals surface area (Å²) in [6.45, 7) is 1.36. The van der Waals surface area contributed by atoms with E-state index in [2.05, 4.69) is 20.2 Å². The molecular weight excluding hydrogens is 332 g/mol. The van der Waals surface area contributed by atoms with Crippen LogP contribution in [0.25, 0.3) is 10.2 Å². The fraction of sp³-hybridized carbons (Fsp3) is 0.267. The van der Waals surface area contributed by atoms with E-state index in [1.165, 1.54) is 11.3 Å². The quantitative estimate of drug-likeness (QED) is 0.787. The number of hydrogen-bond donors (Lipinski definition) is 1. The summed E-state index contributed by atoms with van der Waals surface area (Å²) < 4.78 is 6.44. The lowest BCUT2D eigenvalue weighted by molar-refractivity contribution is -0.120. The Morgan fingerprint density at radius 1 is 1.43 bits per heavy atom. The third-order valence-corrected chi connectivity index (χ3v) is 5.55. The molecule has 1 aliphatic rings. The maximum atomic E-state index is 12.1. The molecule has 1 saturated heterocycles. The van der Waals surface area contributed by atoms with Gasteiger partial charge in [0, 0.05) is 24.7 Å². The van der Waals surface area contributed by atoms with Crippen molar-refractivity contribution in [1.29, 1.82) is 0 Å². The van der Waals surface area contributed by atoms with E-state index in [-0.39, 0.29) is 11.8 Å². The molecule has 0 radical (unpaired) electrons. The van der Waals surface area contributed by atoms with Crippen molar-refractivity contribution in [3.63, 3.8) is 0 Å². The second kappa shape index (κ2) is 5.78. The number of amides is 1. The van der Waals surface area contributed by atoms with Gasteiger partial charge in [0.15, 0.2) is 10.3 Å².